The summed E-state index contributed by atoms with van der Waals surface area (Å²) in [6.45, 7) is 10.7. The van der Waals surface area contributed by atoms with Crippen molar-refractivity contribution in [3.63, 3.8) is 0 Å². The van der Waals surface area contributed by atoms with Crippen molar-refractivity contribution in [2.45, 2.75) is 32.2 Å². The summed E-state index contributed by atoms with van der Waals surface area (Å²) in [4.78, 5) is 17.5. The number of ether oxygens (including phenoxy) is 1. The van der Waals surface area contributed by atoms with Crippen LogP contribution in [0.1, 0.15) is 26.3 Å². The Bertz CT molecular complexity index is 599. The molecule has 0 radical (unpaired) electrons. The molecule has 2 saturated heterocycles. The molecule has 2 heterocycles. The third-order valence-corrected chi connectivity index (χ3v) is 5.46. The lowest BCUT2D eigenvalue weighted by Crippen LogP contribution is -2.48. The third kappa shape index (κ3) is 3.20. The molecule has 0 spiro atoms. The number of hydrogen-bond donors (Lipinski definition) is 0. The van der Waals surface area contributed by atoms with Crippen LogP contribution in [-0.2, 0) is 14.9 Å². The predicted molar refractivity (Wildman–Crippen MR) is 91.4 cm³/mol. The van der Waals surface area contributed by atoms with Crippen molar-refractivity contribution in [3.05, 3.63) is 35.6 Å². The number of hydrogen-bond acceptors (Lipinski definition) is 3. The first kappa shape index (κ1) is 17.4. The number of likely N-dealkylation sites (tertiary alicyclic amines) is 1. The Labute approximate surface area is 143 Å². The van der Waals surface area contributed by atoms with Crippen molar-refractivity contribution >= 4 is 5.91 Å². The Balaban J connectivity index is 1.74. The molecule has 0 aliphatic carbocycles. The summed E-state index contributed by atoms with van der Waals surface area (Å²) >= 11 is 0. The molecule has 2 atom stereocenters. The van der Waals surface area contributed by atoms with Crippen molar-refractivity contribution < 1.29 is 13.9 Å². The Morgan fingerprint density at radius 2 is 1.88 bits per heavy atom. The van der Waals surface area contributed by atoms with Crippen molar-refractivity contribution in [1.82, 2.24) is 9.80 Å². The highest BCUT2D eigenvalue weighted by Crippen LogP contribution is 2.31. The molecule has 3 rings (SSSR count). The average Bonchev–Trinajstić information content (AvgIpc) is 2.97. The van der Waals surface area contributed by atoms with Crippen molar-refractivity contribution in [3.8, 4) is 0 Å². The summed E-state index contributed by atoms with van der Waals surface area (Å²) in [5.74, 6) is 0.117. The number of halogens is 1. The second kappa shape index (κ2) is 6.81. The molecule has 1 amide bonds. The number of carbonyl (C=O) groups excluding carboxylic acids is 1. The Morgan fingerprint density at radius 3 is 2.54 bits per heavy atom. The van der Waals surface area contributed by atoms with E-state index in [1.807, 2.05) is 18.7 Å². The second-order valence-corrected chi connectivity index (χ2v) is 7.51. The Morgan fingerprint density at radius 1 is 1.21 bits per heavy atom. The van der Waals surface area contributed by atoms with Crippen molar-refractivity contribution in [2.24, 2.45) is 5.92 Å². The molecule has 1 aromatic rings. The summed E-state index contributed by atoms with van der Waals surface area (Å²) in [7, 11) is 0. The lowest BCUT2D eigenvalue weighted by Gasteiger charge is -2.34. The number of rotatable bonds is 3. The highest BCUT2D eigenvalue weighted by atomic mass is 19.1. The maximum absolute atomic E-state index is 14.2. The average molecular weight is 334 g/mol. The largest absolute Gasteiger partial charge is 0.379 e. The smallest absolute Gasteiger partial charge is 0.232 e. The number of benzene rings is 1. The van der Waals surface area contributed by atoms with Crippen LogP contribution in [0.2, 0.25) is 0 Å². The molecule has 2 aliphatic heterocycles. The van der Waals surface area contributed by atoms with Crippen LogP contribution < -0.4 is 0 Å². The van der Waals surface area contributed by atoms with Gasteiger partial charge in [-0.15, -0.1) is 0 Å². The second-order valence-electron chi connectivity index (χ2n) is 7.51. The summed E-state index contributed by atoms with van der Waals surface area (Å²) < 4.78 is 19.6. The number of carbonyl (C=O) groups is 1. The topological polar surface area (TPSA) is 32.8 Å². The fraction of sp³-hybridized carbons (Fsp3) is 0.632. The van der Waals surface area contributed by atoms with Crippen LogP contribution in [0.3, 0.4) is 0 Å². The highest BCUT2D eigenvalue weighted by Gasteiger charge is 2.42. The number of amides is 1. The molecule has 5 heteroatoms. The van der Waals surface area contributed by atoms with Gasteiger partial charge in [-0.1, -0.05) is 25.1 Å². The maximum atomic E-state index is 14.2. The van der Waals surface area contributed by atoms with Crippen molar-refractivity contribution in [2.75, 3.05) is 39.4 Å². The quantitative estimate of drug-likeness (QED) is 0.850. The van der Waals surface area contributed by atoms with E-state index < -0.39 is 5.41 Å². The zero-order valence-corrected chi connectivity index (χ0v) is 14.8. The number of morpholine rings is 1. The molecule has 132 valence electrons. The van der Waals surface area contributed by atoms with Gasteiger partial charge in [-0.25, -0.2) is 4.39 Å². The standard InChI is InChI=1S/C19H27FN2O2/c1-14-12-22(13-17(14)21-8-10-24-11-9-21)18(23)19(2,3)15-6-4-5-7-16(15)20/h4-7,14,17H,8-13H2,1-3H3/t14-,17-/m1/s1. The molecule has 1 aromatic carbocycles. The zero-order chi connectivity index (χ0) is 17.3. The Kier molecular flexibility index (Phi) is 4.92. The third-order valence-electron chi connectivity index (χ3n) is 5.46. The van der Waals surface area contributed by atoms with Gasteiger partial charge in [0.2, 0.25) is 5.91 Å². The predicted octanol–water partition coefficient (Wildman–Crippen LogP) is 2.28. The van der Waals surface area contributed by atoms with Crippen LogP contribution in [0.5, 0.6) is 0 Å². The van der Waals surface area contributed by atoms with Gasteiger partial charge in [0, 0.05) is 37.8 Å². The van der Waals surface area contributed by atoms with Gasteiger partial charge in [-0.05, 0) is 25.8 Å². The van der Waals surface area contributed by atoms with Crippen LogP contribution in [0, 0.1) is 11.7 Å². The van der Waals surface area contributed by atoms with Gasteiger partial charge in [0.1, 0.15) is 5.82 Å². The zero-order valence-electron chi connectivity index (χ0n) is 14.8. The lowest BCUT2D eigenvalue weighted by molar-refractivity contribution is -0.135. The van der Waals surface area contributed by atoms with Gasteiger partial charge in [0.05, 0.1) is 18.6 Å². The first-order valence-electron chi connectivity index (χ1n) is 8.77. The normalized spacial score (nSPS) is 25.9. The van der Waals surface area contributed by atoms with Crippen LogP contribution in [0.4, 0.5) is 4.39 Å². The summed E-state index contributed by atoms with van der Waals surface area (Å²) in [5.41, 5.74) is -0.386. The van der Waals surface area contributed by atoms with E-state index in [0.717, 1.165) is 39.4 Å². The molecule has 4 nitrogen and oxygen atoms in total. The van der Waals surface area contributed by atoms with E-state index in [2.05, 4.69) is 11.8 Å². The summed E-state index contributed by atoms with van der Waals surface area (Å²) in [6, 6.07) is 6.96. The molecule has 2 fully saturated rings. The van der Waals surface area contributed by atoms with Gasteiger partial charge in [-0.3, -0.25) is 9.69 Å². The van der Waals surface area contributed by atoms with Gasteiger partial charge in [0.25, 0.3) is 0 Å². The Hall–Kier alpha value is -1.46. The van der Waals surface area contributed by atoms with Gasteiger partial charge < -0.3 is 9.64 Å². The maximum Gasteiger partial charge on any atom is 0.232 e. The highest BCUT2D eigenvalue weighted by molar-refractivity contribution is 5.87. The van der Waals surface area contributed by atoms with Crippen LogP contribution in [0.25, 0.3) is 0 Å². The van der Waals surface area contributed by atoms with E-state index in [4.69, 9.17) is 4.74 Å². The molecule has 0 saturated carbocycles. The molecule has 2 aliphatic rings. The fourth-order valence-electron chi connectivity index (χ4n) is 3.98. The van der Waals surface area contributed by atoms with Crippen LogP contribution in [0.15, 0.2) is 24.3 Å². The van der Waals surface area contributed by atoms with E-state index in [-0.39, 0.29) is 11.7 Å². The summed E-state index contributed by atoms with van der Waals surface area (Å²) in [5, 5.41) is 0. The SMILES string of the molecule is C[C@@H]1CN(C(=O)C(C)(C)c2ccccc2F)C[C@H]1N1CCOCC1. The molecule has 0 bridgehead atoms. The monoisotopic (exact) mass is 334 g/mol. The summed E-state index contributed by atoms with van der Waals surface area (Å²) in [6.07, 6.45) is 0. The van der Waals surface area contributed by atoms with E-state index in [9.17, 15) is 9.18 Å². The van der Waals surface area contributed by atoms with Gasteiger partial charge >= 0.3 is 0 Å². The molecule has 0 unspecified atom stereocenters. The lowest BCUT2D eigenvalue weighted by atomic mass is 9.83. The van der Waals surface area contributed by atoms with Crippen molar-refractivity contribution in [1.29, 1.82) is 0 Å². The fourth-order valence-corrected chi connectivity index (χ4v) is 3.98. The van der Waals surface area contributed by atoms with Gasteiger partial charge in [0.15, 0.2) is 0 Å². The van der Waals surface area contributed by atoms with E-state index >= 15 is 0 Å². The first-order valence-corrected chi connectivity index (χ1v) is 8.77. The molecular formula is C19H27FN2O2. The molecule has 24 heavy (non-hydrogen) atoms. The van der Waals surface area contributed by atoms with Crippen LogP contribution >= 0.6 is 0 Å². The van der Waals surface area contributed by atoms with E-state index in [0.29, 0.717) is 17.5 Å². The van der Waals surface area contributed by atoms with Gasteiger partial charge in [-0.2, -0.15) is 0 Å². The van der Waals surface area contributed by atoms with Crippen LogP contribution in [-0.4, -0.2) is 61.1 Å². The first-order chi connectivity index (χ1) is 11.4. The minimum absolute atomic E-state index is 0.00945. The minimum Gasteiger partial charge on any atom is -0.379 e. The molecule has 0 aromatic heterocycles. The number of nitrogens with zero attached hydrogens (tertiary/aromatic N) is 2. The molecular weight excluding hydrogens is 307 g/mol. The van der Waals surface area contributed by atoms with E-state index in [1.165, 1.54) is 6.07 Å². The van der Waals surface area contributed by atoms with E-state index in [1.54, 1.807) is 18.2 Å². The molecule has 0 N–H and O–H groups in total. The minimum atomic E-state index is -0.856.